The van der Waals surface area contributed by atoms with Crippen molar-refractivity contribution >= 4 is 74.3 Å². The minimum absolute atomic E-state index is 0.0204. The van der Waals surface area contributed by atoms with Crippen LogP contribution in [0, 0.1) is 0 Å². The number of hydrogen-bond acceptors (Lipinski definition) is 0. The molecular formula is C81H61NSi2. The normalized spacial score (nSPS) is 14.8. The molecule has 0 aliphatic heterocycles. The van der Waals surface area contributed by atoms with Crippen LogP contribution < -0.4 is 36.3 Å². The largest absolute Gasteiger partial charge is 0.309 e. The molecule has 0 N–H and O–H groups in total. The summed E-state index contributed by atoms with van der Waals surface area (Å²) < 4.78 is 2.62. The van der Waals surface area contributed by atoms with Gasteiger partial charge in [0.2, 0.25) is 0 Å². The molecule has 16 rings (SSSR count). The van der Waals surface area contributed by atoms with E-state index in [0.717, 1.165) is 0 Å². The Kier molecular flexibility index (Phi) is 12.8. The summed E-state index contributed by atoms with van der Waals surface area (Å²) in [5.74, 6) is -0.0920. The second kappa shape index (κ2) is 21.1. The topological polar surface area (TPSA) is 4.93 Å². The monoisotopic (exact) mass is 1100 g/mol. The van der Waals surface area contributed by atoms with Crippen molar-refractivity contribution in [3.05, 3.63) is 373 Å². The first-order chi connectivity index (χ1) is 41.6. The number of benzene rings is 12. The molecule has 0 fully saturated rings. The molecule has 3 aliphatic rings. The van der Waals surface area contributed by atoms with Crippen LogP contribution in [-0.4, -0.2) is 20.7 Å². The van der Waals surface area contributed by atoms with Crippen molar-refractivity contribution in [3.8, 4) is 27.9 Å². The zero-order valence-corrected chi connectivity index (χ0v) is 49.0. The average Bonchev–Trinajstić information content (AvgIpc) is 0.931. The third-order valence-electron chi connectivity index (χ3n) is 18.4. The molecule has 0 radical (unpaired) electrons. The molecule has 13 aromatic rings. The Balaban J connectivity index is 1.01. The van der Waals surface area contributed by atoms with Gasteiger partial charge in [-0.25, -0.2) is 0 Å². The van der Waals surface area contributed by atoms with Crippen molar-refractivity contribution in [3.63, 3.8) is 0 Å². The van der Waals surface area contributed by atoms with Gasteiger partial charge in [-0.05, 0) is 123 Å². The van der Waals surface area contributed by atoms with E-state index in [2.05, 4.69) is 346 Å². The Hall–Kier alpha value is -9.91. The highest BCUT2D eigenvalue weighted by atomic mass is 28.3. The molecule has 0 spiro atoms. The quantitative estimate of drug-likeness (QED) is 0.0616. The van der Waals surface area contributed by atoms with Gasteiger partial charge in [0.25, 0.3) is 0 Å². The molecule has 2 atom stereocenters. The Morgan fingerprint density at radius 1 is 0.357 bits per heavy atom. The van der Waals surface area contributed by atoms with Gasteiger partial charge >= 0.3 is 0 Å². The predicted molar refractivity (Wildman–Crippen MR) is 360 cm³/mol. The van der Waals surface area contributed by atoms with Crippen LogP contribution in [0.25, 0.3) is 49.7 Å². The van der Waals surface area contributed by atoms with Gasteiger partial charge in [-0.15, -0.1) is 0 Å². The number of rotatable bonds is 13. The Bertz CT molecular complexity index is 4470. The van der Waals surface area contributed by atoms with E-state index in [9.17, 15) is 0 Å². The smallest absolute Gasteiger partial charge is 0.179 e. The zero-order chi connectivity index (χ0) is 56.2. The van der Waals surface area contributed by atoms with Crippen LogP contribution >= 0.6 is 0 Å². The van der Waals surface area contributed by atoms with E-state index in [1.54, 1.807) is 0 Å². The maximum absolute atomic E-state index is 4.63. The van der Waals surface area contributed by atoms with Crippen molar-refractivity contribution in [2.24, 2.45) is 0 Å². The zero-order valence-electron chi connectivity index (χ0n) is 47.0. The number of allylic oxidation sites excluding steroid dienone is 5. The first-order valence-electron chi connectivity index (χ1n) is 29.4. The van der Waals surface area contributed by atoms with E-state index >= 15 is 0 Å². The van der Waals surface area contributed by atoms with Crippen LogP contribution in [0.1, 0.15) is 41.0 Å². The van der Waals surface area contributed by atoms with Crippen LogP contribution in [0.15, 0.2) is 351 Å². The fraction of sp³-hybridized carbons (Fsp3) is 0.0370. The summed E-state index contributed by atoms with van der Waals surface area (Å²) >= 11 is 0. The summed E-state index contributed by atoms with van der Waals surface area (Å²) in [6, 6.07) is 119. The summed E-state index contributed by atoms with van der Waals surface area (Å²) in [5, 5.41) is 13.3. The number of hydrogen-bond donors (Lipinski definition) is 0. The molecule has 0 amide bonds. The lowest BCUT2D eigenvalue weighted by Gasteiger charge is -2.48. The average molecular weight is 1100 g/mol. The Labute approximate surface area is 495 Å². The van der Waals surface area contributed by atoms with Gasteiger partial charge in [0.15, 0.2) is 16.1 Å². The molecule has 398 valence electrons. The summed E-state index contributed by atoms with van der Waals surface area (Å²) in [7, 11) is -6.22. The van der Waals surface area contributed by atoms with E-state index in [0.29, 0.717) is 0 Å². The van der Waals surface area contributed by atoms with Crippen molar-refractivity contribution < 1.29 is 0 Å². The molecule has 0 saturated carbocycles. The number of aromatic nitrogens is 1. The number of fused-ring (bicyclic) bond motifs is 3. The molecule has 0 saturated heterocycles. The van der Waals surface area contributed by atoms with Gasteiger partial charge in [-0.1, -0.05) is 315 Å². The highest BCUT2D eigenvalue weighted by molar-refractivity contribution is 7.20. The van der Waals surface area contributed by atoms with Crippen molar-refractivity contribution in [2.45, 2.75) is 18.8 Å². The molecule has 1 aromatic heterocycles. The first kappa shape index (κ1) is 51.0. The number of nitrogens with zero attached hydrogens (tertiary/aromatic N) is 1. The van der Waals surface area contributed by atoms with Crippen molar-refractivity contribution in [1.29, 1.82) is 0 Å². The molecule has 3 heteroatoms. The molecule has 3 aliphatic carbocycles. The molecule has 1 nitrogen and oxygen atoms in total. The lowest BCUT2D eigenvalue weighted by Crippen LogP contribution is -2.74. The molecule has 12 aromatic carbocycles. The van der Waals surface area contributed by atoms with Gasteiger partial charge in [0.1, 0.15) is 0 Å². The van der Waals surface area contributed by atoms with E-state index in [1.165, 1.54) is 125 Å². The summed E-state index contributed by atoms with van der Waals surface area (Å²) in [4.78, 5) is 0. The fourth-order valence-electron chi connectivity index (χ4n) is 15.1. The van der Waals surface area contributed by atoms with Crippen molar-refractivity contribution in [1.82, 2.24) is 4.57 Å². The summed E-state index contributed by atoms with van der Waals surface area (Å²) in [5.41, 5.74) is 16.7. The van der Waals surface area contributed by atoms with E-state index < -0.39 is 16.1 Å². The SMILES string of the molecule is C=C/C=C(\C1=C(C)C2c3ccccc3C1c1c2cccc1-n1c2ccccc2c2cc([Si](c3ccccc3)(c3ccccc3)c3ccccc3)ccc21)[Si](c1ccccc1)(c1ccccc1)c1cc(-c2ccccc2)cc(-c2ccccc2)c1. The highest BCUT2D eigenvalue weighted by Crippen LogP contribution is 2.59. The fourth-order valence-corrected chi connectivity index (χ4v) is 25.0. The highest BCUT2D eigenvalue weighted by Gasteiger charge is 2.51. The van der Waals surface area contributed by atoms with Gasteiger partial charge in [0.05, 0.1) is 16.7 Å². The molecule has 2 unspecified atom stereocenters. The number of para-hydroxylation sites is 1. The standard InChI is InChI=1S/C81H61NSi2/c1-3-30-77(84(65-41-21-9-22-42-65,66-43-23-10-24-44-66)68-54-60(58-31-11-4-12-32-58)53-61(55-68)59-33-13-5-14-34-59)79-57(2)78-70-46-25-26-47-71(70)81(79)80-72(78)48-29-50-76(80)82-74-49-28-27-45-69(74)73-56-67(51-52-75(73)82)83(62-35-15-6-16-36-62,63-37-17-7-18-38-63)64-39-19-8-20-40-64/h3-56,78,81H,1H2,2H3/b77-30+. The summed E-state index contributed by atoms with van der Waals surface area (Å²) in [6.07, 6.45) is 4.51. The van der Waals surface area contributed by atoms with Gasteiger partial charge in [-0.2, -0.15) is 0 Å². The molecular weight excluding hydrogens is 1040 g/mol. The molecule has 1 heterocycles. The molecule has 2 bridgehead atoms. The lowest BCUT2D eigenvalue weighted by atomic mass is 9.60. The van der Waals surface area contributed by atoms with Crippen LogP contribution in [0.2, 0.25) is 0 Å². The third-order valence-corrected chi connectivity index (χ3v) is 28.0. The van der Waals surface area contributed by atoms with Crippen LogP contribution in [0.4, 0.5) is 0 Å². The second-order valence-corrected chi connectivity index (χ2v) is 30.2. The van der Waals surface area contributed by atoms with Crippen molar-refractivity contribution in [2.75, 3.05) is 0 Å². The maximum Gasteiger partial charge on any atom is 0.179 e. The van der Waals surface area contributed by atoms with Gasteiger partial charge in [0, 0.05) is 22.6 Å². The Morgan fingerprint density at radius 3 is 1.32 bits per heavy atom. The van der Waals surface area contributed by atoms with Gasteiger partial charge < -0.3 is 4.57 Å². The minimum Gasteiger partial charge on any atom is -0.309 e. The maximum atomic E-state index is 4.63. The van der Waals surface area contributed by atoms with Crippen LogP contribution in [0.5, 0.6) is 0 Å². The lowest BCUT2D eigenvalue weighted by molar-refractivity contribution is 0.734. The van der Waals surface area contributed by atoms with Gasteiger partial charge in [-0.3, -0.25) is 0 Å². The minimum atomic E-state index is -3.36. The van der Waals surface area contributed by atoms with E-state index in [4.69, 9.17) is 0 Å². The van der Waals surface area contributed by atoms with E-state index in [-0.39, 0.29) is 11.8 Å². The second-order valence-electron chi connectivity index (χ2n) is 22.6. The van der Waals surface area contributed by atoms with E-state index in [1.807, 2.05) is 0 Å². The van der Waals surface area contributed by atoms with Crippen LogP contribution in [0.3, 0.4) is 0 Å². The predicted octanol–water partition coefficient (Wildman–Crippen LogP) is 15.2. The van der Waals surface area contributed by atoms with Crippen LogP contribution in [-0.2, 0) is 0 Å². The first-order valence-corrected chi connectivity index (χ1v) is 33.4. The molecule has 84 heavy (non-hydrogen) atoms. The third kappa shape index (κ3) is 7.95. The summed E-state index contributed by atoms with van der Waals surface area (Å²) in [6.45, 7) is 7.08. The Morgan fingerprint density at radius 2 is 0.798 bits per heavy atom.